The summed E-state index contributed by atoms with van der Waals surface area (Å²) in [6.45, 7) is 2.85. The van der Waals surface area contributed by atoms with Crippen LogP contribution in [0.5, 0.6) is 0 Å². The fourth-order valence-corrected chi connectivity index (χ4v) is 2.92. The number of carbonyl (C=O) groups excluding carboxylic acids is 2. The molecule has 1 saturated heterocycles. The molecule has 0 atom stereocenters. The highest BCUT2D eigenvalue weighted by atomic mass is 79.9. The number of hydrogen-bond donors (Lipinski definition) is 1. The van der Waals surface area contributed by atoms with Gasteiger partial charge in [-0.2, -0.15) is 0 Å². The van der Waals surface area contributed by atoms with Crippen LogP contribution in [0.1, 0.15) is 13.8 Å². The third-order valence-corrected chi connectivity index (χ3v) is 3.85. The third-order valence-electron chi connectivity index (χ3n) is 2.59. The number of hydrogen-bond acceptors (Lipinski definition) is 5. The van der Waals surface area contributed by atoms with Crippen molar-refractivity contribution in [2.75, 3.05) is 5.32 Å². The minimum Gasteiger partial charge on any atom is -0.419 e. The van der Waals surface area contributed by atoms with Crippen molar-refractivity contribution in [2.24, 2.45) is 0 Å². The monoisotopic (exact) mass is 411 g/mol. The van der Waals surface area contributed by atoms with E-state index in [1.165, 1.54) is 19.9 Å². The summed E-state index contributed by atoms with van der Waals surface area (Å²) in [4.78, 5) is 23.5. The first-order chi connectivity index (χ1) is 10.1. The maximum absolute atomic E-state index is 13.7. The highest BCUT2D eigenvalue weighted by Crippen LogP contribution is 2.37. The quantitative estimate of drug-likeness (QED) is 0.261. The van der Waals surface area contributed by atoms with Crippen LogP contribution in [0.15, 0.2) is 22.3 Å². The largest absolute Gasteiger partial charge is 0.419 e. The van der Waals surface area contributed by atoms with E-state index in [0.717, 1.165) is 6.20 Å². The molecule has 2 rings (SSSR count). The van der Waals surface area contributed by atoms with Gasteiger partial charge in [0.2, 0.25) is 0 Å². The molecule has 22 heavy (non-hydrogen) atoms. The molecule has 1 heterocycles. The number of nitrogens with one attached hydrogen (secondary N) is 1. The minimum atomic E-state index is -1.34. The van der Waals surface area contributed by atoms with Gasteiger partial charge < -0.3 is 14.8 Å². The Kier molecular flexibility index (Phi) is 4.70. The molecular weight excluding hydrogens is 404 g/mol. The standard InChI is InChI=1S/C13H9BrCl2FNO4/c1-13(2)21-11(19)5(12(20)22-13)4-18-10-6(14)3-7(15)9(17)8(10)16/h3-4,18H,1-2H3. The van der Waals surface area contributed by atoms with Crippen molar-refractivity contribution < 1.29 is 23.5 Å². The van der Waals surface area contributed by atoms with Gasteiger partial charge in [0.25, 0.3) is 5.79 Å². The fraction of sp³-hybridized carbons (Fsp3) is 0.231. The molecule has 1 aromatic carbocycles. The number of carbonyl (C=O) groups is 2. The molecule has 0 bridgehead atoms. The van der Waals surface area contributed by atoms with Crippen LogP contribution in [0.3, 0.4) is 0 Å². The van der Waals surface area contributed by atoms with E-state index in [-0.39, 0.29) is 21.3 Å². The number of anilines is 1. The molecule has 0 saturated carbocycles. The zero-order chi connectivity index (χ0) is 16.7. The van der Waals surface area contributed by atoms with Crippen molar-refractivity contribution in [1.82, 2.24) is 0 Å². The SMILES string of the molecule is CC1(C)OC(=O)C(=CNc2c(Br)cc(Cl)c(F)c2Cl)C(=O)O1. The highest BCUT2D eigenvalue weighted by molar-refractivity contribution is 9.10. The Balaban J connectivity index is 2.32. The second kappa shape index (κ2) is 6.06. The molecule has 0 amide bonds. The van der Waals surface area contributed by atoms with Gasteiger partial charge in [-0.25, -0.2) is 14.0 Å². The molecule has 1 fully saturated rings. The number of benzene rings is 1. The van der Waals surface area contributed by atoms with Crippen LogP contribution < -0.4 is 5.32 Å². The lowest BCUT2D eigenvalue weighted by molar-refractivity contribution is -0.222. The first kappa shape index (κ1) is 17.1. The Labute approximate surface area is 143 Å². The van der Waals surface area contributed by atoms with Crippen LogP contribution in [0.25, 0.3) is 0 Å². The average Bonchev–Trinajstić information content (AvgIpc) is 2.37. The second-order valence-electron chi connectivity index (χ2n) is 4.72. The average molecular weight is 413 g/mol. The summed E-state index contributed by atoms with van der Waals surface area (Å²) in [5.41, 5.74) is -0.279. The highest BCUT2D eigenvalue weighted by Gasteiger charge is 2.39. The summed E-state index contributed by atoms with van der Waals surface area (Å²) in [6.07, 6.45) is 1.03. The molecule has 0 aliphatic carbocycles. The van der Waals surface area contributed by atoms with Crippen LogP contribution in [0.4, 0.5) is 10.1 Å². The molecule has 0 unspecified atom stereocenters. The van der Waals surface area contributed by atoms with E-state index in [1.807, 2.05) is 0 Å². The predicted octanol–water partition coefficient (Wildman–Crippen LogP) is 4.03. The smallest absolute Gasteiger partial charge is 0.350 e. The van der Waals surface area contributed by atoms with Gasteiger partial charge in [0, 0.05) is 24.5 Å². The maximum Gasteiger partial charge on any atom is 0.350 e. The number of cyclic esters (lactones) is 2. The summed E-state index contributed by atoms with van der Waals surface area (Å²) >= 11 is 14.6. The molecule has 1 N–H and O–H groups in total. The Morgan fingerprint density at radius 3 is 2.36 bits per heavy atom. The third kappa shape index (κ3) is 3.37. The molecule has 0 radical (unpaired) electrons. The Bertz CT molecular complexity index is 684. The first-order valence-corrected chi connectivity index (χ1v) is 7.43. The summed E-state index contributed by atoms with van der Waals surface area (Å²) in [5.74, 6) is -3.90. The normalized spacial score (nSPS) is 16.9. The zero-order valence-electron chi connectivity index (χ0n) is 11.3. The van der Waals surface area contributed by atoms with Gasteiger partial charge in [-0.3, -0.25) is 0 Å². The summed E-state index contributed by atoms with van der Waals surface area (Å²) in [6, 6.07) is 1.28. The van der Waals surface area contributed by atoms with E-state index >= 15 is 0 Å². The lowest BCUT2D eigenvalue weighted by Crippen LogP contribution is -2.42. The van der Waals surface area contributed by atoms with E-state index < -0.39 is 23.5 Å². The van der Waals surface area contributed by atoms with Gasteiger partial charge in [-0.1, -0.05) is 23.2 Å². The Morgan fingerprint density at radius 1 is 1.27 bits per heavy atom. The predicted molar refractivity (Wildman–Crippen MR) is 82.1 cm³/mol. The van der Waals surface area contributed by atoms with Gasteiger partial charge in [-0.05, 0) is 22.0 Å². The van der Waals surface area contributed by atoms with E-state index in [1.54, 1.807) is 0 Å². The van der Waals surface area contributed by atoms with Crippen LogP contribution in [-0.2, 0) is 19.1 Å². The number of esters is 2. The van der Waals surface area contributed by atoms with Gasteiger partial charge in [0.05, 0.1) is 10.7 Å². The van der Waals surface area contributed by atoms with Crippen molar-refractivity contribution >= 4 is 56.8 Å². The Morgan fingerprint density at radius 2 is 1.82 bits per heavy atom. The molecule has 1 aliphatic rings. The molecule has 5 nitrogen and oxygen atoms in total. The van der Waals surface area contributed by atoms with Crippen molar-refractivity contribution in [2.45, 2.75) is 19.6 Å². The molecule has 1 aromatic rings. The van der Waals surface area contributed by atoms with Gasteiger partial charge >= 0.3 is 11.9 Å². The molecule has 1 aliphatic heterocycles. The second-order valence-corrected chi connectivity index (χ2v) is 6.36. The summed E-state index contributed by atoms with van der Waals surface area (Å²) in [5, 5.41) is 2.10. The van der Waals surface area contributed by atoms with Crippen molar-refractivity contribution in [3.05, 3.63) is 38.2 Å². The van der Waals surface area contributed by atoms with Crippen LogP contribution >= 0.6 is 39.1 Å². The zero-order valence-corrected chi connectivity index (χ0v) is 14.4. The molecule has 0 aromatic heterocycles. The van der Waals surface area contributed by atoms with E-state index in [0.29, 0.717) is 4.47 Å². The van der Waals surface area contributed by atoms with Gasteiger partial charge in [0.15, 0.2) is 11.4 Å². The van der Waals surface area contributed by atoms with Gasteiger partial charge in [-0.15, -0.1) is 0 Å². The summed E-state index contributed by atoms with van der Waals surface area (Å²) in [7, 11) is 0. The molecule has 9 heteroatoms. The van der Waals surface area contributed by atoms with E-state index in [9.17, 15) is 14.0 Å². The number of halogens is 4. The van der Waals surface area contributed by atoms with Crippen LogP contribution in [0.2, 0.25) is 10.0 Å². The van der Waals surface area contributed by atoms with Crippen LogP contribution in [0, 0.1) is 5.82 Å². The number of rotatable bonds is 2. The fourth-order valence-electron chi connectivity index (χ4n) is 1.62. The lowest BCUT2D eigenvalue weighted by atomic mass is 10.2. The van der Waals surface area contributed by atoms with E-state index in [2.05, 4.69) is 21.2 Å². The first-order valence-electron chi connectivity index (χ1n) is 5.89. The van der Waals surface area contributed by atoms with Crippen molar-refractivity contribution in [3.8, 4) is 0 Å². The van der Waals surface area contributed by atoms with E-state index in [4.69, 9.17) is 32.7 Å². The maximum atomic E-state index is 13.7. The van der Waals surface area contributed by atoms with Gasteiger partial charge in [0.1, 0.15) is 5.02 Å². The molecule has 118 valence electrons. The topological polar surface area (TPSA) is 64.6 Å². The lowest BCUT2D eigenvalue weighted by Gasteiger charge is -2.29. The minimum absolute atomic E-state index is 0.0986. The van der Waals surface area contributed by atoms with Crippen LogP contribution in [-0.4, -0.2) is 17.7 Å². The number of ether oxygens (including phenoxy) is 2. The Hall–Kier alpha value is -1.31. The summed E-state index contributed by atoms with van der Waals surface area (Å²) < 4.78 is 23.8. The molecule has 0 spiro atoms. The van der Waals surface area contributed by atoms with Crippen molar-refractivity contribution in [3.63, 3.8) is 0 Å². The van der Waals surface area contributed by atoms with Crippen molar-refractivity contribution in [1.29, 1.82) is 0 Å². The molecular formula is C13H9BrCl2FNO4.